The molecular formula is C17H23ClFN. The fourth-order valence-electron chi connectivity index (χ4n) is 4.25. The number of rotatable bonds is 5. The summed E-state index contributed by atoms with van der Waals surface area (Å²) in [5.74, 6) is 2.10. The van der Waals surface area contributed by atoms with Gasteiger partial charge in [0, 0.05) is 16.6 Å². The number of fused-ring (bicyclic) bond motifs is 2. The Morgan fingerprint density at radius 2 is 2.20 bits per heavy atom. The molecule has 110 valence electrons. The molecule has 1 N–H and O–H groups in total. The maximum Gasteiger partial charge on any atom is 0.129 e. The monoisotopic (exact) mass is 295 g/mol. The quantitative estimate of drug-likeness (QED) is 0.810. The van der Waals surface area contributed by atoms with Crippen LogP contribution in [0.25, 0.3) is 0 Å². The van der Waals surface area contributed by atoms with E-state index < -0.39 is 0 Å². The van der Waals surface area contributed by atoms with Crippen LogP contribution in [-0.2, 0) is 0 Å². The molecule has 2 bridgehead atoms. The molecule has 1 aromatic rings. The van der Waals surface area contributed by atoms with Gasteiger partial charge in [0.1, 0.15) is 5.82 Å². The van der Waals surface area contributed by atoms with Crippen LogP contribution in [0, 0.1) is 23.6 Å². The molecule has 0 saturated heterocycles. The molecule has 2 fully saturated rings. The first kappa shape index (κ1) is 14.3. The predicted octanol–water partition coefficient (Wildman–Crippen LogP) is 4.96. The Hall–Kier alpha value is -0.600. The van der Waals surface area contributed by atoms with E-state index in [4.69, 9.17) is 11.6 Å². The van der Waals surface area contributed by atoms with Crippen molar-refractivity contribution in [1.29, 1.82) is 0 Å². The zero-order valence-electron chi connectivity index (χ0n) is 12.0. The first-order valence-electron chi connectivity index (χ1n) is 7.87. The van der Waals surface area contributed by atoms with Gasteiger partial charge in [0.2, 0.25) is 0 Å². The Balaban J connectivity index is 1.85. The van der Waals surface area contributed by atoms with Crippen LogP contribution in [0.4, 0.5) is 4.39 Å². The van der Waals surface area contributed by atoms with Gasteiger partial charge in [-0.2, -0.15) is 0 Å². The van der Waals surface area contributed by atoms with Gasteiger partial charge in [-0.05, 0) is 62.1 Å². The molecule has 0 aliphatic heterocycles. The van der Waals surface area contributed by atoms with Gasteiger partial charge in [-0.25, -0.2) is 4.39 Å². The summed E-state index contributed by atoms with van der Waals surface area (Å²) in [7, 11) is 0. The summed E-state index contributed by atoms with van der Waals surface area (Å²) >= 11 is 5.89. The van der Waals surface area contributed by atoms with Crippen LogP contribution in [0.15, 0.2) is 18.2 Å². The molecule has 4 unspecified atom stereocenters. The average molecular weight is 296 g/mol. The summed E-state index contributed by atoms with van der Waals surface area (Å²) in [6.45, 7) is 3.10. The second-order valence-electron chi connectivity index (χ2n) is 6.44. The smallest absolute Gasteiger partial charge is 0.129 e. The summed E-state index contributed by atoms with van der Waals surface area (Å²) in [6.07, 6.45) is 6.39. The highest BCUT2D eigenvalue weighted by molar-refractivity contribution is 6.30. The highest BCUT2D eigenvalue weighted by atomic mass is 35.5. The highest BCUT2D eigenvalue weighted by Crippen LogP contribution is 2.52. The van der Waals surface area contributed by atoms with Crippen LogP contribution in [0.2, 0.25) is 5.02 Å². The van der Waals surface area contributed by atoms with Gasteiger partial charge in [0.15, 0.2) is 0 Å². The molecule has 0 aromatic heterocycles. The van der Waals surface area contributed by atoms with Crippen molar-refractivity contribution in [3.63, 3.8) is 0 Å². The van der Waals surface area contributed by atoms with Crippen molar-refractivity contribution < 1.29 is 4.39 Å². The van der Waals surface area contributed by atoms with Crippen LogP contribution in [0.3, 0.4) is 0 Å². The van der Waals surface area contributed by atoms with Crippen molar-refractivity contribution in [2.75, 3.05) is 6.54 Å². The Morgan fingerprint density at radius 1 is 1.35 bits per heavy atom. The molecule has 3 rings (SSSR count). The average Bonchev–Trinajstić information content (AvgIpc) is 3.03. The summed E-state index contributed by atoms with van der Waals surface area (Å²) in [5, 5.41) is 4.07. The van der Waals surface area contributed by atoms with Gasteiger partial charge < -0.3 is 5.32 Å². The molecule has 0 heterocycles. The lowest BCUT2D eigenvalue weighted by atomic mass is 9.80. The Labute approximate surface area is 125 Å². The molecule has 0 radical (unpaired) electrons. The van der Waals surface area contributed by atoms with Crippen molar-refractivity contribution in [3.8, 4) is 0 Å². The minimum atomic E-state index is -0.158. The summed E-state index contributed by atoms with van der Waals surface area (Å²) < 4.78 is 14.3. The molecule has 2 aliphatic rings. The zero-order valence-corrected chi connectivity index (χ0v) is 12.8. The number of hydrogen-bond acceptors (Lipinski definition) is 1. The minimum absolute atomic E-state index is 0.155. The molecule has 0 spiro atoms. The number of nitrogens with one attached hydrogen (secondary N) is 1. The predicted molar refractivity (Wildman–Crippen MR) is 81.4 cm³/mol. The minimum Gasteiger partial charge on any atom is -0.310 e. The standard InChI is InChI=1S/C17H23ClFN/c1-2-7-20-17(14-6-5-13(18)10-16(14)19)15-9-11-3-4-12(15)8-11/h5-6,10-12,15,17,20H,2-4,7-9H2,1H3. The van der Waals surface area contributed by atoms with Gasteiger partial charge in [-0.3, -0.25) is 0 Å². The zero-order chi connectivity index (χ0) is 14.1. The van der Waals surface area contributed by atoms with Crippen molar-refractivity contribution in [2.45, 2.75) is 45.1 Å². The lowest BCUT2D eigenvalue weighted by molar-refractivity contribution is 0.246. The normalized spacial score (nSPS) is 29.9. The highest BCUT2D eigenvalue weighted by Gasteiger charge is 2.43. The summed E-state index contributed by atoms with van der Waals surface area (Å²) in [6, 6.07) is 5.29. The van der Waals surface area contributed by atoms with Crippen molar-refractivity contribution in [3.05, 3.63) is 34.6 Å². The van der Waals surface area contributed by atoms with E-state index in [0.717, 1.165) is 30.4 Å². The molecule has 0 amide bonds. The van der Waals surface area contributed by atoms with Gasteiger partial charge in [0.05, 0.1) is 0 Å². The van der Waals surface area contributed by atoms with Crippen molar-refractivity contribution in [2.24, 2.45) is 17.8 Å². The lowest BCUT2D eigenvalue weighted by Gasteiger charge is -2.32. The third-order valence-electron chi connectivity index (χ3n) is 5.13. The van der Waals surface area contributed by atoms with Crippen LogP contribution < -0.4 is 5.32 Å². The largest absolute Gasteiger partial charge is 0.310 e. The van der Waals surface area contributed by atoms with Crippen LogP contribution in [0.5, 0.6) is 0 Å². The Kier molecular flexibility index (Phi) is 4.32. The molecule has 2 aliphatic carbocycles. The van der Waals surface area contributed by atoms with E-state index in [1.165, 1.54) is 31.7 Å². The van der Waals surface area contributed by atoms with Crippen LogP contribution in [-0.4, -0.2) is 6.54 Å². The molecule has 1 nitrogen and oxygen atoms in total. The Morgan fingerprint density at radius 3 is 2.80 bits per heavy atom. The van der Waals surface area contributed by atoms with E-state index in [0.29, 0.717) is 10.9 Å². The van der Waals surface area contributed by atoms with Gasteiger partial charge in [0.25, 0.3) is 0 Å². The first-order chi connectivity index (χ1) is 9.69. The van der Waals surface area contributed by atoms with E-state index in [9.17, 15) is 4.39 Å². The molecule has 2 saturated carbocycles. The van der Waals surface area contributed by atoms with Gasteiger partial charge in [-0.15, -0.1) is 0 Å². The summed E-state index contributed by atoms with van der Waals surface area (Å²) in [4.78, 5) is 0. The van der Waals surface area contributed by atoms with Crippen LogP contribution >= 0.6 is 11.6 Å². The number of hydrogen-bond donors (Lipinski definition) is 1. The summed E-state index contributed by atoms with van der Waals surface area (Å²) in [5.41, 5.74) is 0.806. The van der Waals surface area contributed by atoms with E-state index in [1.54, 1.807) is 0 Å². The fourth-order valence-corrected chi connectivity index (χ4v) is 4.41. The number of benzene rings is 1. The maximum atomic E-state index is 14.3. The molecular weight excluding hydrogens is 273 g/mol. The second-order valence-corrected chi connectivity index (χ2v) is 6.87. The van der Waals surface area contributed by atoms with E-state index >= 15 is 0 Å². The topological polar surface area (TPSA) is 12.0 Å². The van der Waals surface area contributed by atoms with Crippen molar-refractivity contribution in [1.82, 2.24) is 5.32 Å². The van der Waals surface area contributed by atoms with E-state index in [-0.39, 0.29) is 11.9 Å². The van der Waals surface area contributed by atoms with Gasteiger partial charge in [-0.1, -0.05) is 31.0 Å². The maximum absolute atomic E-state index is 14.3. The van der Waals surface area contributed by atoms with E-state index in [1.807, 2.05) is 12.1 Å². The third kappa shape index (κ3) is 2.73. The Bertz CT molecular complexity index is 476. The molecule has 20 heavy (non-hydrogen) atoms. The third-order valence-corrected chi connectivity index (χ3v) is 5.37. The molecule has 4 atom stereocenters. The van der Waals surface area contributed by atoms with Crippen LogP contribution in [0.1, 0.15) is 50.6 Å². The lowest BCUT2D eigenvalue weighted by Crippen LogP contribution is -2.32. The number of halogens is 2. The van der Waals surface area contributed by atoms with Crippen molar-refractivity contribution >= 4 is 11.6 Å². The fraction of sp³-hybridized carbons (Fsp3) is 0.647. The first-order valence-corrected chi connectivity index (χ1v) is 8.25. The van der Waals surface area contributed by atoms with Gasteiger partial charge >= 0.3 is 0 Å². The second kappa shape index (κ2) is 6.03. The van der Waals surface area contributed by atoms with E-state index in [2.05, 4.69) is 12.2 Å². The molecule has 3 heteroatoms. The SMILES string of the molecule is CCCNC(c1ccc(Cl)cc1F)C1CC2CCC1C2. The molecule has 1 aromatic carbocycles.